The van der Waals surface area contributed by atoms with Gasteiger partial charge in [0, 0.05) is 38.2 Å². The summed E-state index contributed by atoms with van der Waals surface area (Å²) in [6.45, 7) is 4.92. The Labute approximate surface area is 267 Å². The van der Waals surface area contributed by atoms with Gasteiger partial charge in [0.25, 0.3) is 0 Å². The van der Waals surface area contributed by atoms with Gasteiger partial charge in [-0.25, -0.2) is 4.79 Å². The molecular formula is C36H48N4O5. The minimum atomic E-state index is -0.429. The summed E-state index contributed by atoms with van der Waals surface area (Å²) in [6.07, 6.45) is 5.51. The highest BCUT2D eigenvalue weighted by molar-refractivity contribution is 5.91. The van der Waals surface area contributed by atoms with E-state index in [0.29, 0.717) is 13.0 Å². The zero-order chi connectivity index (χ0) is 31.7. The first kappa shape index (κ1) is 33.8. The second-order valence-corrected chi connectivity index (χ2v) is 11.3. The van der Waals surface area contributed by atoms with Crippen molar-refractivity contribution >= 4 is 17.7 Å². The molecule has 1 heterocycles. The Hall–Kier alpha value is -4.08. The van der Waals surface area contributed by atoms with Crippen molar-refractivity contribution in [1.82, 2.24) is 15.5 Å². The molecule has 9 heteroatoms. The molecule has 3 N–H and O–H groups in total. The molecule has 0 radical (unpaired) electrons. The van der Waals surface area contributed by atoms with Crippen LogP contribution in [0.1, 0.15) is 44.1 Å². The van der Waals surface area contributed by atoms with Crippen LogP contribution in [-0.4, -0.2) is 76.5 Å². The van der Waals surface area contributed by atoms with Crippen LogP contribution >= 0.6 is 0 Å². The lowest BCUT2D eigenvalue weighted by molar-refractivity contribution is -0.121. The van der Waals surface area contributed by atoms with Crippen molar-refractivity contribution in [1.29, 1.82) is 0 Å². The quantitative estimate of drug-likeness (QED) is 0.163. The number of rotatable bonds is 17. The highest BCUT2D eigenvalue weighted by atomic mass is 16.6. The summed E-state index contributed by atoms with van der Waals surface area (Å²) < 4.78 is 16.4. The Morgan fingerprint density at radius 2 is 1.56 bits per heavy atom. The van der Waals surface area contributed by atoms with Crippen LogP contribution < -0.4 is 25.4 Å². The van der Waals surface area contributed by atoms with Crippen molar-refractivity contribution in [3.63, 3.8) is 0 Å². The van der Waals surface area contributed by atoms with E-state index in [1.165, 1.54) is 5.56 Å². The minimum Gasteiger partial charge on any atom is -0.493 e. The minimum absolute atomic E-state index is 0.0953. The van der Waals surface area contributed by atoms with E-state index in [-0.39, 0.29) is 12.0 Å². The molecule has 0 bridgehead atoms. The maximum atomic E-state index is 12.7. The molecule has 45 heavy (non-hydrogen) atoms. The third-order valence-corrected chi connectivity index (χ3v) is 8.10. The summed E-state index contributed by atoms with van der Waals surface area (Å²) in [4.78, 5) is 27.3. The second kappa shape index (κ2) is 18.7. The van der Waals surface area contributed by atoms with Gasteiger partial charge >= 0.3 is 6.09 Å². The topological polar surface area (TPSA) is 101 Å². The first-order valence-corrected chi connectivity index (χ1v) is 16.1. The van der Waals surface area contributed by atoms with Crippen LogP contribution in [0.2, 0.25) is 0 Å². The Kier molecular flexibility index (Phi) is 14.0. The van der Waals surface area contributed by atoms with Crippen LogP contribution in [0.3, 0.4) is 0 Å². The summed E-state index contributed by atoms with van der Waals surface area (Å²) in [5, 5.41) is 9.47. The zero-order valence-corrected chi connectivity index (χ0v) is 26.7. The van der Waals surface area contributed by atoms with Gasteiger partial charge in [0.15, 0.2) is 11.5 Å². The number of para-hydroxylation sites is 1. The van der Waals surface area contributed by atoms with E-state index in [0.717, 1.165) is 99.6 Å². The Bertz CT molecular complexity index is 1330. The molecule has 1 aliphatic heterocycles. The molecule has 0 atom stereocenters. The molecule has 0 spiro atoms. The van der Waals surface area contributed by atoms with Crippen molar-refractivity contribution in [3.8, 4) is 22.6 Å². The van der Waals surface area contributed by atoms with Gasteiger partial charge in [0.1, 0.15) is 6.10 Å². The first-order valence-electron chi connectivity index (χ1n) is 16.1. The highest BCUT2D eigenvalue weighted by Crippen LogP contribution is 2.29. The van der Waals surface area contributed by atoms with Crippen LogP contribution in [0.15, 0.2) is 72.8 Å². The van der Waals surface area contributed by atoms with Crippen molar-refractivity contribution < 1.29 is 23.8 Å². The van der Waals surface area contributed by atoms with E-state index in [2.05, 4.69) is 26.9 Å². The van der Waals surface area contributed by atoms with E-state index in [1.54, 1.807) is 14.2 Å². The molecule has 9 nitrogen and oxygen atoms in total. The Morgan fingerprint density at radius 1 is 0.822 bits per heavy atom. The van der Waals surface area contributed by atoms with E-state index in [1.807, 2.05) is 66.7 Å². The summed E-state index contributed by atoms with van der Waals surface area (Å²) in [5.74, 6) is 1.60. The number of piperidine rings is 1. The number of benzene rings is 3. The number of anilines is 1. The smallest absolute Gasteiger partial charge is 0.411 e. The fourth-order valence-electron chi connectivity index (χ4n) is 5.52. The van der Waals surface area contributed by atoms with Crippen LogP contribution in [-0.2, 0) is 16.0 Å². The molecule has 1 saturated heterocycles. The first-order chi connectivity index (χ1) is 22.1. The number of ether oxygens (including phenoxy) is 3. The maximum Gasteiger partial charge on any atom is 0.411 e. The third-order valence-electron chi connectivity index (χ3n) is 8.10. The van der Waals surface area contributed by atoms with E-state index in [4.69, 9.17) is 14.2 Å². The van der Waals surface area contributed by atoms with Crippen LogP contribution in [0.25, 0.3) is 11.1 Å². The predicted molar refractivity (Wildman–Crippen MR) is 179 cm³/mol. The summed E-state index contributed by atoms with van der Waals surface area (Å²) in [6, 6.07) is 23.7. The molecule has 3 aromatic rings. The average molecular weight is 617 g/mol. The number of hydrogen-bond donors (Lipinski definition) is 3. The number of hydrogen-bond acceptors (Lipinski definition) is 7. The molecule has 2 amide bonds. The van der Waals surface area contributed by atoms with Gasteiger partial charge in [-0.2, -0.15) is 0 Å². The Morgan fingerprint density at radius 3 is 2.33 bits per heavy atom. The predicted octanol–water partition coefficient (Wildman–Crippen LogP) is 5.89. The van der Waals surface area contributed by atoms with Crippen molar-refractivity contribution in [2.45, 2.75) is 51.0 Å². The van der Waals surface area contributed by atoms with Gasteiger partial charge in [-0.15, -0.1) is 0 Å². The molecular weight excluding hydrogens is 568 g/mol. The fraction of sp³-hybridized carbons (Fsp3) is 0.444. The molecule has 4 rings (SSSR count). The fourth-order valence-corrected chi connectivity index (χ4v) is 5.52. The van der Waals surface area contributed by atoms with Crippen LogP contribution in [0, 0.1) is 0 Å². The number of nitrogens with one attached hydrogen (secondary N) is 3. The Balaban J connectivity index is 1.00. The number of carbonyl (C=O) groups excluding carboxylic acids is 2. The number of methoxy groups -OCH3 is 2. The van der Waals surface area contributed by atoms with Gasteiger partial charge in [0.05, 0.1) is 19.9 Å². The van der Waals surface area contributed by atoms with Gasteiger partial charge < -0.3 is 29.7 Å². The number of amides is 2. The normalized spacial score (nSPS) is 13.6. The molecule has 3 aromatic carbocycles. The number of unbranched alkanes of at least 4 members (excludes halogenated alkanes) is 2. The lowest BCUT2D eigenvalue weighted by atomic mass is 10.0. The largest absolute Gasteiger partial charge is 0.493 e. The summed E-state index contributed by atoms with van der Waals surface area (Å²) in [7, 11) is 3.30. The van der Waals surface area contributed by atoms with Crippen LogP contribution in [0.5, 0.6) is 11.5 Å². The molecule has 0 aliphatic carbocycles. The van der Waals surface area contributed by atoms with Crippen molar-refractivity contribution in [2.75, 3.05) is 58.8 Å². The lowest BCUT2D eigenvalue weighted by Crippen LogP contribution is -2.40. The monoisotopic (exact) mass is 616 g/mol. The van der Waals surface area contributed by atoms with Crippen molar-refractivity contribution in [3.05, 3.63) is 78.4 Å². The van der Waals surface area contributed by atoms with Crippen LogP contribution in [0.4, 0.5) is 10.5 Å². The second-order valence-electron chi connectivity index (χ2n) is 11.3. The number of likely N-dealkylation sites (tertiary alicyclic amines) is 1. The van der Waals surface area contributed by atoms with Gasteiger partial charge in [-0.1, -0.05) is 61.0 Å². The summed E-state index contributed by atoms with van der Waals surface area (Å²) >= 11 is 0. The van der Waals surface area contributed by atoms with Gasteiger partial charge in [-0.3, -0.25) is 10.1 Å². The number of carbonyl (C=O) groups is 2. The molecule has 1 aliphatic rings. The lowest BCUT2D eigenvalue weighted by Gasteiger charge is -2.31. The average Bonchev–Trinajstić information content (AvgIpc) is 3.07. The summed E-state index contributed by atoms with van der Waals surface area (Å²) in [5.41, 5.74) is 3.94. The van der Waals surface area contributed by atoms with Gasteiger partial charge in [0.2, 0.25) is 5.91 Å². The standard InChI is InChI=1S/C36H48N4O5/c1-43-33-16-15-28(27-34(33)44-2)17-23-37-21-9-4-10-22-38-35(41)20-26-40-24-18-30(19-25-40)45-36(42)39-32-14-8-7-13-31(32)29-11-5-3-6-12-29/h3,5-8,11-16,27,30,37H,4,9-10,17-26H2,1-2H3,(H,38,41)(H,39,42). The third kappa shape index (κ3) is 11.4. The molecule has 0 saturated carbocycles. The van der Waals surface area contributed by atoms with Gasteiger partial charge in [-0.05, 0) is 74.5 Å². The van der Waals surface area contributed by atoms with E-state index in [9.17, 15) is 9.59 Å². The molecule has 0 unspecified atom stereocenters. The molecule has 0 aromatic heterocycles. The maximum absolute atomic E-state index is 12.7. The van der Waals surface area contributed by atoms with E-state index < -0.39 is 6.09 Å². The van der Waals surface area contributed by atoms with Crippen molar-refractivity contribution in [2.24, 2.45) is 0 Å². The molecule has 242 valence electrons. The molecule has 1 fully saturated rings. The zero-order valence-electron chi connectivity index (χ0n) is 26.7. The van der Waals surface area contributed by atoms with E-state index >= 15 is 0 Å². The number of nitrogens with zero attached hydrogens (tertiary/aromatic N) is 1. The highest BCUT2D eigenvalue weighted by Gasteiger charge is 2.23. The SMILES string of the molecule is COc1ccc(CCNCCCCCNC(=O)CCN2CCC(OC(=O)Nc3ccccc3-c3ccccc3)CC2)cc1OC.